The number of nitrogens with zero attached hydrogens (tertiary/aromatic N) is 4. The van der Waals surface area contributed by atoms with E-state index in [-0.39, 0.29) is 24.0 Å². The van der Waals surface area contributed by atoms with Crippen LogP contribution in [0.3, 0.4) is 0 Å². The first-order chi connectivity index (χ1) is 13.9. The Balaban J connectivity index is 1.69. The maximum absolute atomic E-state index is 12.6. The van der Waals surface area contributed by atoms with Gasteiger partial charge in [0.1, 0.15) is 5.75 Å². The van der Waals surface area contributed by atoms with E-state index in [0.717, 1.165) is 16.9 Å². The molecule has 0 radical (unpaired) electrons. The molecular formula is C20H24N6O3. The van der Waals surface area contributed by atoms with Crippen molar-refractivity contribution in [3.05, 3.63) is 59.2 Å². The minimum atomic E-state index is -0.434. The number of amides is 2. The summed E-state index contributed by atoms with van der Waals surface area (Å²) in [7, 11) is 1.51. The maximum Gasteiger partial charge on any atom is 0.276 e. The van der Waals surface area contributed by atoms with Crippen LogP contribution in [0.15, 0.2) is 36.7 Å². The number of benzene rings is 1. The average Bonchev–Trinajstić information content (AvgIpc) is 3.35. The van der Waals surface area contributed by atoms with Crippen LogP contribution in [0, 0.1) is 13.8 Å². The molecule has 0 bridgehead atoms. The summed E-state index contributed by atoms with van der Waals surface area (Å²) < 4.78 is 8.91. The third kappa shape index (κ3) is 4.63. The van der Waals surface area contributed by atoms with Crippen LogP contribution in [0.25, 0.3) is 0 Å². The molecule has 152 valence electrons. The Kier molecular flexibility index (Phi) is 5.96. The van der Waals surface area contributed by atoms with E-state index in [2.05, 4.69) is 20.8 Å². The Morgan fingerprint density at radius 3 is 2.62 bits per heavy atom. The molecule has 2 N–H and O–H groups in total. The molecule has 9 heteroatoms. The molecule has 3 rings (SSSR count). The quantitative estimate of drug-likeness (QED) is 0.638. The average molecular weight is 396 g/mol. The van der Waals surface area contributed by atoms with E-state index in [0.29, 0.717) is 12.2 Å². The zero-order valence-electron chi connectivity index (χ0n) is 16.9. The van der Waals surface area contributed by atoms with E-state index < -0.39 is 5.91 Å². The summed E-state index contributed by atoms with van der Waals surface area (Å²) in [5, 5.41) is 13.6. The standard InChI is InChI=1S/C20H24N6O3/c1-5-25-11-16(18(24-25)20(28)21-4)22-19(27)15-8-9-26(23-15)12-29-17-10-13(2)6-7-14(17)3/h6-11H,5,12H2,1-4H3,(H,21,28)(H,22,27). The second kappa shape index (κ2) is 8.59. The number of hydrogen-bond donors (Lipinski definition) is 2. The molecule has 0 saturated heterocycles. The van der Waals surface area contributed by atoms with Gasteiger partial charge in [0.2, 0.25) is 0 Å². The molecule has 29 heavy (non-hydrogen) atoms. The summed E-state index contributed by atoms with van der Waals surface area (Å²) in [6, 6.07) is 7.56. The summed E-state index contributed by atoms with van der Waals surface area (Å²) in [6.07, 6.45) is 3.28. The van der Waals surface area contributed by atoms with Gasteiger partial charge in [-0.15, -0.1) is 0 Å². The van der Waals surface area contributed by atoms with E-state index >= 15 is 0 Å². The second-order valence-corrected chi connectivity index (χ2v) is 6.56. The molecule has 0 fully saturated rings. The summed E-state index contributed by atoms with van der Waals surface area (Å²) in [6.45, 7) is 6.61. The molecule has 0 aliphatic heterocycles. The van der Waals surface area contributed by atoms with E-state index in [1.54, 1.807) is 23.1 Å². The van der Waals surface area contributed by atoms with Crippen molar-refractivity contribution in [2.45, 2.75) is 34.0 Å². The molecule has 0 aliphatic carbocycles. The Bertz CT molecular complexity index is 1040. The lowest BCUT2D eigenvalue weighted by Crippen LogP contribution is -2.22. The number of rotatable bonds is 7. The Morgan fingerprint density at radius 2 is 1.90 bits per heavy atom. The van der Waals surface area contributed by atoms with Gasteiger partial charge in [0, 0.05) is 26.0 Å². The molecule has 0 spiro atoms. The summed E-state index contributed by atoms with van der Waals surface area (Å²) in [5.74, 6) is -0.0371. The minimum absolute atomic E-state index is 0.153. The van der Waals surface area contributed by atoms with Crippen LogP contribution in [0.5, 0.6) is 5.75 Å². The van der Waals surface area contributed by atoms with Gasteiger partial charge in [-0.3, -0.25) is 14.3 Å². The Labute approximate surface area is 168 Å². The van der Waals surface area contributed by atoms with Crippen molar-refractivity contribution in [3.8, 4) is 5.75 Å². The van der Waals surface area contributed by atoms with Gasteiger partial charge < -0.3 is 15.4 Å². The summed E-state index contributed by atoms with van der Waals surface area (Å²) in [5.41, 5.74) is 2.82. The Hall–Kier alpha value is -3.62. The fourth-order valence-electron chi connectivity index (χ4n) is 2.70. The fraction of sp³-hybridized carbons (Fsp3) is 0.300. The van der Waals surface area contributed by atoms with Gasteiger partial charge in [-0.2, -0.15) is 10.2 Å². The zero-order chi connectivity index (χ0) is 21.0. The monoisotopic (exact) mass is 396 g/mol. The van der Waals surface area contributed by atoms with Crippen LogP contribution in [-0.2, 0) is 13.3 Å². The number of aromatic nitrogens is 4. The van der Waals surface area contributed by atoms with Gasteiger partial charge in [-0.25, -0.2) is 4.68 Å². The molecule has 0 saturated carbocycles. The molecule has 3 aromatic rings. The molecule has 0 aliphatic rings. The van der Waals surface area contributed by atoms with Crippen molar-refractivity contribution >= 4 is 17.5 Å². The van der Waals surface area contributed by atoms with Crippen molar-refractivity contribution in [1.29, 1.82) is 0 Å². The van der Waals surface area contributed by atoms with E-state index in [1.165, 1.54) is 11.7 Å². The third-order valence-electron chi connectivity index (χ3n) is 4.35. The van der Waals surface area contributed by atoms with Crippen LogP contribution >= 0.6 is 0 Å². The highest BCUT2D eigenvalue weighted by Gasteiger charge is 2.19. The number of anilines is 1. The van der Waals surface area contributed by atoms with Crippen molar-refractivity contribution < 1.29 is 14.3 Å². The first kappa shape index (κ1) is 20.1. The molecule has 2 amide bonds. The van der Waals surface area contributed by atoms with Crippen molar-refractivity contribution in [3.63, 3.8) is 0 Å². The summed E-state index contributed by atoms with van der Waals surface area (Å²) >= 11 is 0. The number of hydrogen-bond acceptors (Lipinski definition) is 5. The maximum atomic E-state index is 12.6. The number of carbonyl (C=O) groups is 2. The number of nitrogens with one attached hydrogen (secondary N) is 2. The lowest BCUT2D eigenvalue weighted by molar-refractivity contribution is 0.0958. The van der Waals surface area contributed by atoms with Crippen molar-refractivity contribution in [1.82, 2.24) is 24.9 Å². The smallest absolute Gasteiger partial charge is 0.276 e. The largest absolute Gasteiger partial charge is 0.471 e. The summed E-state index contributed by atoms with van der Waals surface area (Å²) in [4.78, 5) is 24.5. The predicted molar refractivity (Wildman–Crippen MR) is 108 cm³/mol. The van der Waals surface area contributed by atoms with Gasteiger partial charge in [0.05, 0.1) is 5.69 Å². The van der Waals surface area contributed by atoms with Gasteiger partial charge in [0.25, 0.3) is 11.8 Å². The van der Waals surface area contributed by atoms with Gasteiger partial charge in [0.15, 0.2) is 18.1 Å². The topological polar surface area (TPSA) is 103 Å². The van der Waals surface area contributed by atoms with Crippen LogP contribution in [0.4, 0.5) is 5.69 Å². The van der Waals surface area contributed by atoms with Crippen LogP contribution in [0.2, 0.25) is 0 Å². The minimum Gasteiger partial charge on any atom is -0.471 e. The van der Waals surface area contributed by atoms with Gasteiger partial charge in [-0.1, -0.05) is 12.1 Å². The lowest BCUT2D eigenvalue weighted by Gasteiger charge is -2.09. The first-order valence-corrected chi connectivity index (χ1v) is 9.25. The molecular weight excluding hydrogens is 372 g/mol. The predicted octanol–water partition coefficient (Wildman–Crippen LogP) is 2.36. The van der Waals surface area contributed by atoms with Gasteiger partial charge in [-0.05, 0) is 44.0 Å². The number of aryl methyl sites for hydroxylation is 3. The van der Waals surface area contributed by atoms with Crippen LogP contribution < -0.4 is 15.4 Å². The van der Waals surface area contributed by atoms with Crippen molar-refractivity contribution in [2.24, 2.45) is 0 Å². The molecule has 2 aromatic heterocycles. The van der Waals surface area contributed by atoms with Gasteiger partial charge >= 0.3 is 0 Å². The number of carbonyl (C=O) groups excluding carboxylic acids is 2. The van der Waals surface area contributed by atoms with Crippen LogP contribution in [-0.4, -0.2) is 38.4 Å². The fourth-order valence-corrected chi connectivity index (χ4v) is 2.70. The molecule has 9 nitrogen and oxygen atoms in total. The highest BCUT2D eigenvalue weighted by molar-refractivity contribution is 6.07. The van der Waals surface area contributed by atoms with E-state index in [9.17, 15) is 9.59 Å². The van der Waals surface area contributed by atoms with E-state index in [4.69, 9.17) is 4.74 Å². The van der Waals surface area contributed by atoms with E-state index in [1.807, 2.05) is 39.0 Å². The highest BCUT2D eigenvalue weighted by Crippen LogP contribution is 2.19. The first-order valence-electron chi connectivity index (χ1n) is 9.25. The molecule has 2 heterocycles. The normalized spacial score (nSPS) is 10.6. The van der Waals surface area contributed by atoms with Crippen molar-refractivity contribution in [2.75, 3.05) is 12.4 Å². The number of ether oxygens (including phenoxy) is 1. The van der Waals surface area contributed by atoms with Crippen LogP contribution in [0.1, 0.15) is 39.0 Å². The highest BCUT2D eigenvalue weighted by atomic mass is 16.5. The second-order valence-electron chi connectivity index (χ2n) is 6.56. The third-order valence-corrected chi connectivity index (χ3v) is 4.35. The zero-order valence-corrected chi connectivity index (χ0v) is 16.9. The Morgan fingerprint density at radius 1 is 1.10 bits per heavy atom. The lowest BCUT2D eigenvalue weighted by atomic mass is 10.1. The SMILES string of the molecule is CCn1cc(NC(=O)c2ccn(COc3cc(C)ccc3C)n2)c(C(=O)NC)n1. The molecule has 0 atom stereocenters. The molecule has 0 unspecified atom stereocenters. The molecule has 1 aromatic carbocycles.